The molecule has 17 heavy (non-hydrogen) atoms. The summed E-state index contributed by atoms with van der Waals surface area (Å²) in [6.07, 6.45) is 0.872. The minimum atomic E-state index is -0.218. The molecule has 1 aromatic rings. The third kappa shape index (κ3) is 3.41. The van der Waals surface area contributed by atoms with E-state index in [1.807, 2.05) is 7.05 Å². The SMILES string of the molecule is CNC(c1cc(F)c(C)cc1Cl)C(C)CCN. The molecule has 0 aromatic heterocycles. The largest absolute Gasteiger partial charge is 0.330 e. The molecule has 0 saturated heterocycles. The third-order valence-electron chi connectivity index (χ3n) is 3.12. The summed E-state index contributed by atoms with van der Waals surface area (Å²) in [4.78, 5) is 0. The van der Waals surface area contributed by atoms with Crippen LogP contribution in [0.2, 0.25) is 5.02 Å². The van der Waals surface area contributed by atoms with Crippen molar-refractivity contribution in [2.24, 2.45) is 11.7 Å². The van der Waals surface area contributed by atoms with E-state index < -0.39 is 0 Å². The van der Waals surface area contributed by atoms with Gasteiger partial charge in [-0.2, -0.15) is 0 Å². The molecule has 96 valence electrons. The number of nitrogens with two attached hydrogens (primary N) is 1. The Morgan fingerprint density at radius 3 is 2.65 bits per heavy atom. The van der Waals surface area contributed by atoms with E-state index in [0.717, 1.165) is 12.0 Å². The van der Waals surface area contributed by atoms with Crippen molar-refractivity contribution in [2.45, 2.75) is 26.3 Å². The maximum absolute atomic E-state index is 13.6. The van der Waals surface area contributed by atoms with Gasteiger partial charge in [0.15, 0.2) is 0 Å². The third-order valence-corrected chi connectivity index (χ3v) is 3.44. The van der Waals surface area contributed by atoms with E-state index in [2.05, 4.69) is 12.2 Å². The average molecular weight is 259 g/mol. The van der Waals surface area contributed by atoms with Gasteiger partial charge in [0.1, 0.15) is 5.82 Å². The molecule has 0 aliphatic carbocycles. The molecule has 0 saturated carbocycles. The van der Waals surface area contributed by atoms with E-state index >= 15 is 0 Å². The van der Waals surface area contributed by atoms with Crippen LogP contribution in [-0.4, -0.2) is 13.6 Å². The molecule has 2 nitrogen and oxygen atoms in total. The first-order chi connectivity index (χ1) is 8.01. The van der Waals surface area contributed by atoms with Crippen molar-refractivity contribution in [1.29, 1.82) is 0 Å². The summed E-state index contributed by atoms with van der Waals surface area (Å²) in [5.41, 5.74) is 6.93. The Hall–Kier alpha value is -0.640. The molecular formula is C13H20ClFN2. The normalized spacial score (nSPS) is 14.7. The van der Waals surface area contributed by atoms with Gasteiger partial charge in [0.25, 0.3) is 0 Å². The van der Waals surface area contributed by atoms with Gasteiger partial charge in [0.2, 0.25) is 0 Å². The zero-order chi connectivity index (χ0) is 13.0. The van der Waals surface area contributed by atoms with Crippen LogP contribution in [0.5, 0.6) is 0 Å². The molecule has 0 spiro atoms. The Balaban J connectivity index is 3.07. The molecule has 3 N–H and O–H groups in total. The monoisotopic (exact) mass is 258 g/mol. The Labute approximate surface area is 107 Å². The fraction of sp³-hybridized carbons (Fsp3) is 0.538. The number of hydrogen-bond donors (Lipinski definition) is 2. The summed E-state index contributed by atoms with van der Waals surface area (Å²) in [5.74, 6) is 0.0919. The Bertz CT molecular complexity index is 382. The molecule has 0 amide bonds. The van der Waals surface area contributed by atoms with Gasteiger partial charge in [-0.3, -0.25) is 0 Å². The Morgan fingerprint density at radius 1 is 1.47 bits per heavy atom. The van der Waals surface area contributed by atoms with Crippen molar-refractivity contribution >= 4 is 11.6 Å². The summed E-state index contributed by atoms with van der Waals surface area (Å²) >= 11 is 6.18. The van der Waals surface area contributed by atoms with Gasteiger partial charge in [0.05, 0.1) is 0 Å². The minimum Gasteiger partial charge on any atom is -0.330 e. The average Bonchev–Trinajstić information content (AvgIpc) is 2.26. The van der Waals surface area contributed by atoms with Crippen molar-refractivity contribution < 1.29 is 4.39 Å². The first kappa shape index (κ1) is 14.4. The van der Waals surface area contributed by atoms with Crippen LogP contribution in [0.4, 0.5) is 4.39 Å². The molecule has 0 radical (unpaired) electrons. The van der Waals surface area contributed by atoms with Crippen LogP contribution >= 0.6 is 11.6 Å². The molecule has 1 rings (SSSR count). The first-order valence-electron chi connectivity index (χ1n) is 5.84. The fourth-order valence-corrected chi connectivity index (χ4v) is 2.41. The lowest BCUT2D eigenvalue weighted by Crippen LogP contribution is -2.25. The minimum absolute atomic E-state index is 0.0288. The number of halogens is 2. The highest BCUT2D eigenvalue weighted by atomic mass is 35.5. The molecule has 2 atom stereocenters. The maximum atomic E-state index is 13.6. The lowest BCUT2D eigenvalue weighted by molar-refractivity contribution is 0.390. The van der Waals surface area contributed by atoms with Gasteiger partial charge in [-0.15, -0.1) is 0 Å². The quantitative estimate of drug-likeness (QED) is 0.852. The summed E-state index contributed by atoms with van der Waals surface area (Å²) in [7, 11) is 1.85. The number of aryl methyl sites for hydroxylation is 1. The first-order valence-corrected chi connectivity index (χ1v) is 6.22. The highest BCUT2D eigenvalue weighted by Gasteiger charge is 2.20. The zero-order valence-electron chi connectivity index (χ0n) is 10.6. The molecule has 0 aliphatic heterocycles. The van der Waals surface area contributed by atoms with Crippen LogP contribution in [-0.2, 0) is 0 Å². The smallest absolute Gasteiger partial charge is 0.126 e. The topological polar surface area (TPSA) is 38.0 Å². The fourth-order valence-electron chi connectivity index (χ4n) is 2.08. The van der Waals surface area contributed by atoms with Crippen LogP contribution in [0.15, 0.2) is 12.1 Å². The number of rotatable bonds is 5. The van der Waals surface area contributed by atoms with E-state index in [1.165, 1.54) is 6.07 Å². The van der Waals surface area contributed by atoms with Crippen molar-refractivity contribution in [3.05, 3.63) is 34.1 Å². The van der Waals surface area contributed by atoms with E-state index in [-0.39, 0.29) is 11.9 Å². The van der Waals surface area contributed by atoms with Crippen LogP contribution in [0.1, 0.15) is 30.5 Å². The summed E-state index contributed by atoms with van der Waals surface area (Å²) in [5, 5.41) is 3.79. The van der Waals surface area contributed by atoms with Crippen LogP contribution in [0.25, 0.3) is 0 Å². The van der Waals surface area contributed by atoms with Crippen molar-refractivity contribution in [3.8, 4) is 0 Å². The Morgan fingerprint density at radius 2 is 2.12 bits per heavy atom. The van der Waals surface area contributed by atoms with Gasteiger partial charge in [-0.25, -0.2) is 4.39 Å². The molecule has 0 aliphatic rings. The lowest BCUT2D eigenvalue weighted by atomic mass is 9.91. The van der Waals surface area contributed by atoms with E-state index in [4.69, 9.17) is 17.3 Å². The second kappa shape index (κ2) is 6.34. The second-order valence-electron chi connectivity index (χ2n) is 4.44. The Kier molecular flexibility index (Phi) is 5.37. The van der Waals surface area contributed by atoms with Crippen molar-refractivity contribution in [1.82, 2.24) is 5.32 Å². The summed E-state index contributed by atoms with van der Waals surface area (Å²) in [6, 6.07) is 3.22. The van der Waals surface area contributed by atoms with E-state index in [0.29, 0.717) is 23.0 Å². The van der Waals surface area contributed by atoms with Gasteiger partial charge in [-0.1, -0.05) is 18.5 Å². The highest BCUT2D eigenvalue weighted by Crippen LogP contribution is 2.31. The molecule has 2 unspecified atom stereocenters. The molecule has 4 heteroatoms. The molecule has 1 aromatic carbocycles. The predicted molar refractivity (Wildman–Crippen MR) is 70.8 cm³/mol. The molecule has 0 fully saturated rings. The maximum Gasteiger partial charge on any atom is 0.126 e. The molecular weight excluding hydrogens is 239 g/mol. The zero-order valence-corrected chi connectivity index (χ0v) is 11.3. The van der Waals surface area contributed by atoms with E-state index in [1.54, 1.807) is 13.0 Å². The van der Waals surface area contributed by atoms with Gasteiger partial charge in [-0.05, 0) is 56.1 Å². The standard InChI is InChI=1S/C13H20ClFN2/c1-8(4-5-16)13(17-3)10-7-12(15)9(2)6-11(10)14/h6-8,13,17H,4-5,16H2,1-3H3. The predicted octanol–water partition coefficient (Wildman–Crippen LogP) is 3.03. The number of hydrogen-bond acceptors (Lipinski definition) is 2. The van der Waals surface area contributed by atoms with E-state index in [9.17, 15) is 4.39 Å². The van der Waals surface area contributed by atoms with Gasteiger partial charge < -0.3 is 11.1 Å². The van der Waals surface area contributed by atoms with Gasteiger partial charge in [0, 0.05) is 11.1 Å². The summed E-state index contributed by atoms with van der Waals surface area (Å²) < 4.78 is 13.6. The van der Waals surface area contributed by atoms with Crippen molar-refractivity contribution in [3.63, 3.8) is 0 Å². The summed E-state index contributed by atoms with van der Waals surface area (Å²) in [6.45, 7) is 4.41. The van der Waals surface area contributed by atoms with Crippen LogP contribution in [0.3, 0.4) is 0 Å². The molecule has 0 bridgehead atoms. The van der Waals surface area contributed by atoms with Crippen molar-refractivity contribution in [2.75, 3.05) is 13.6 Å². The molecule has 0 heterocycles. The van der Waals surface area contributed by atoms with Gasteiger partial charge >= 0.3 is 0 Å². The second-order valence-corrected chi connectivity index (χ2v) is 4.85. The van der Waals surface area contributed by atoms with Crippen LogP contribution < -0.4 is 11.1 Å². The highest BCUT2D eigenvalue weighted by molar-refractivity contribution is 6.31. The number of nitrogens with one attached hydrogen (secondary N) is 1. The van der Waals surface area contributed by atoms with Crippen LogP contribution in [0, 0.1) is 18.7 Å². The number of benzene rings is 1. The lowest BCUT2D eigenvalue weighted by Gasteiger charge is -2.25.